The van der Waals surface area contributed by atoms with Gasteiger partial charge < -0.3 is 15.0 Å². The van der Waals surface area contributed by atoms with Gasteiger partial charge in [-0.3, -0.25) is 0 Å². The van der Waals surface area contributed by atoms with Crippen molar-refractivity contribution >= 4 is 16.9 Å². The Balaban J connectivity index is 1.39. The molecular formula is C21H29FN4O. The second-order valence-electron chi connectivity index (χ2n) is 7.85. The van der Waals surface area contributed by atoms with Crippen molar-refractivity contribution in [3.63, 3.8) is 0 Å². The van der Waals surface area contributed by atoms with E-state index in [4.69, 9.17) is 9.72 Å². The Labute approximate surface area is 160 Å². The average Bonchev–Trinajstić information content (AvgIpc) is 2.93. The van der Waals surface area contributed by atoms with Crippen LogP contribution in [0.3, 0.4) is 0 Å². The summed E-state index contributed by atoms with van der Waals surface area (Å²) in [7, 11) is 0. The van der Waals surface area contributed by atoms with E-state index < -0.39 is 0 Å². The largest absolute Gasteiger partial charge is 0.381 e. The summed E-state index contributed by atoms with van der Waals surface area (Å²) >= 11 is 0. The summed E-state index contributed by atoms with van der Waals surface area (Å²) < 4.78 is 18.9. The van der Waals surface area contributed by atoms with Crippen molar-refractivity contribution in [1.82, 2.24) is 15.3 Å². The third kappa shape index (κ3) is 4.55. The zero-order chi connectivity index (χ0) is 18.6. The van der Waals surface area contributed by atoms with Crippen LogP contribution in [-0.4, -0.2) is 48.9 Å². The number of hydrogen-bond acceptors (Lipinski definition) is 5. The van der Waals surface area contributed by atoms with Crippen LogP contribution < -0.4 is 10.2 Å². The molecule has 0 radical (unpaired) electrons. The van der Waals surface area contributed by atoms with Crippen LogP contribution in [0, 0.1) is 18.7 Å². The molecule has 0 aliphatic carbocycles. The minimum Gasteiger partial charge on any atom is -0.381 e. The number of hydrogen-bond donors (Lipinski definition) is 1. The lowest BCUT2D eigenvalue weighted by molar-refractivity contribution is 0.0653. The Morgan fingerprint density at radius 1 is 1.15 bits per heavy atom. The Morgan fingerprint density at radius 2 is 2.00 bits per heavy atom. The van der Waals surface area contributed by atoms with Crippen LogP contribution in [0.1, 0.15) is 37.8 Å². The maximum Gasteiger partial charge on any atom is 0.226 e. The molecule has 2 aromatic rings. The molecule has 1 aromatic heterocycles. The lowest BCUT2D eigenvalue weighted by Gasteiger charge is -2.25. The Bertz CT molecular complexity index is 778. The number of aromatic nitrogens is 2. The molecule has 27 heavy (non-hydrogen) atoms. The first-order valence-electron chi connectivity index (χ1n) is 10.2. The van der Waals surface area contributed by atoms with Gasteiger partial charge in [0.05, 0.1) is 11.2 Å². The summed E-state index contributed by atoms with van der Waals surface area (Å²) in [5, 5.41) is 4.58. The van der Waals surface area contributed by atoms with Crippen LogP contribution in [0.25, 0.3) is 10.9 Å². The van der Waals surface area contributed by atoms with E-state index in [-0.39, 0.29) is 5.82 Å². The number of fused-ring (bicyclic) bond motifs is 1. The van der Waals surface area contributed by atoms with E-state index in [0.717, 1.165) is 74.2 Å². The number of halogens is 1. The van der Waals surface area contributed by atoms with Gasteiger partial charge in [-0.1, -0.05) is 0 Å². The zero-order valence-electron chi connectivity index (χ0n) is 16.1. The highest BCUT2D eigenvalue weighted by Crippen LogP contribution is 2.23. The summed E-state index contributed by atoms with van der Waals surface area (Å²) in [6.45, 7) is 6.79. The topological polar surface area (TPSA) is 50.3 Å². The molecule has 2 saturated heterocycles. The SMILES string of the molecule is Cc1nc(N2CCCC(NCC3CCOCC3)CC2)nc2ccc(F)cc12. The van der Waals surface area contributed by atoms with Crippen molar-refractivity contribution in [1.29, 1.82) is 0 Å². The maximum atomic E-state index is 13.5. The third-order valence-corrected chi connectivity index (χ3v) is 5.88. The van der Waals surface area contributed by atoms with Gasteiger partial charge in [-0.05, 0) is 69.7 Å². The van der Waals surface area contributed by atoms with Crippen molar-refractivity contribution < 1.29 is 9.13 Å². The van der Waals surface area contributed by atoms with Crippen molar-refractivity contribution in [3.8, 4) is 0 Å². The first-order valence-corrected chi connectivity index (χ1v) is 10.2. The van der Waals surface area contributed by atoms with Gasteiger partial charge in [0.15, 0.2) is 0 Å². The molecule has 2 aliphatic heterocycles. The van der Waals surface area contributed by atoms with Crippen LogP contribution in [0.15, 0.2) is 18.2 Å². The standard InChI is InChI=1S/C21H29FN4O/c1-15-19-13-17(22)4-5-20(19)25-21(24-15)26-9-2-3-18(6-10-26)23-14-16-7-11-27-12-8-16/h4-5,13,16,18,23H,2-3,6-12,14H2,1H3. The average molecular weight is 372 g/mol. The highest BCUT2D eigenvalue weighted by atomic mass is 19.1. The van der Waals surface area contributed by atoms with Crippen LogP contribution >= 0.6 is 0 Å². The summed E-state index contributed by atoms with van der Waals surface area (Å²) in [6, 6.07) is 5.30. The fourth-order valence-corrected chi connectivity index (χ4v) is 4.16. The van der Waals surface area contributed by atoms with Gasteiger partial charge in [0.2, 0.25) is 5.95 Å². The molecule has 3 heterocycles. The number of benzene rings is 1. The van der Waals surface area contributed by atoms with Crippen LogP contribution in [0.5, 0.6) is 0 Å². The number of nitrogens with zero attached hydrogens (tertiary/aromatic N) is 3. The fourth-order valence-electron chi connectivity index (χ4n) is 4.16. The number of nitrogens with one attached hydrogen (secondary N) is 1. The Kier molecular flexibility index (Phi) is 5.83. The lowest BCUT2D eigenvalue weighted by atomic mass is 9.99. The summed E-state index contributed by atoms with van der Waals surface area (Å²) in [4.78, 5) is 11.7. The minimum absolute atomic E-state index is 0.241. The molecule has 1 atom stereocenters. The van der Waals surface area contributed by atoms with Gasteiger partial charge in [0, 0.05) is 37.7 Å². The summed E-state index contributed by atoms with van der Waals surface area (Å²) in [6.07, 6.45) is 5.78. The molecule has 1 aromatic carbocycles. The Hall–Kier alpha value is -1.79. The van der Waals surface area contributed by atoms with Crippen LogP contribution in [-0.2, 0) is 4.74 Å². The highest BCUT2D eigenvalue weighted by Gasteiger charge is 2.21. The number of aryl methyl sites for hydroxylation is 1. The minimum atomic E-state index is -0.241. The second kappa shape index (κ2) is 8.48. The van der Waals surface area contributed by atoms with E-state index in [1.54, 1.807) is 6.07 Å². The van der Waals surface area contributed by atoms with Gasteiger partial charge in [-0.15, -0.1) is 0 Å². The number of anilines is 1. The molecular weight excluding hydrogens is 343 g/mol. The summed E-state index contributed by atoms with van der Waals surface area (Å²) in [5.74, 6) is 1.29. The van der Waals surface area contributed by atoms with Crippen LogP contribution in [0.2, 0.25) is 0 Å². The normalized spacial score (nSPS) is 22.1. The predicted molar refractivity (Wildman–Crippen MR) is 106 cm³/mol. The molecule has 5 nitrogen and oxygen atoms in total. The smallest absolute Gasteiger partial charge is 0.226 e. The number of ether oxygens (including phenoxy) is 1. The molecule has 1 N–H and O–H groups in total. The monoisotopic (exact) mass is 372 g/mol. The molecule has 2 fully saturated rings. The van der Waals surface area contributed by atoms with Crippen molar-refractivity contribution in [3.05, 3.63) is 29.7 Å². The molecule has 0 saturated carbocycles. The first kappa shape index (κ1) is 18.6. The van der Waals surface area contributed by atoms with E-state index >= 15 is 0 Å². The van der Waals surface area contributed by atoms with Crippen molar-refractivity contribution in [2.24, 2.45) is 5.92 Å². The van der Waals surface area contributed by atoms with Gasteiger partial charge in [0.25, 0.3) is 0 Å². The maximum absolute atomic E-state index is 13.5. The van der Waals surface area contributed by atoms with E-state index in [0.29, 0.717) is 6.04 Å². The molecule has 2 aliphatic rings. The van der Waals surface area contributed by atoms with Gasteiger partial charge in [0.1, 0.15) is 5.82 Å². The molecule has 0 spiro atoms. The molecule has 4 rings (SSSR count). The Morgan fingerprint density at radius 3 is 2.85 bits per heavy atom. The number of rotatable bonds is 4. The fraction of sp³-hybridized carbons (Fsp3) is 0.619. The first-order chi connectivity index (χ1) is 13.2. The van der Waals surface area contributed by atoms with E-state index in [2.05, 4.69) is 15.2 Å². The highest BCUT2D eigenvalue weighted by molar-refractivity contribution is 5.81. The molecule has 0 amide bonds. The van der Waals surface area contributed by atoms with Crippen LogP contribution in [0.4, 0.5) is 10.3 Å². The zero-order valence-corrected chi connectivity index (χ0v) is 16.1. The summed E-state index contributed by atoms with van der Waals surface area (Å²) in [5.41, 5.74) is 1.66. The van der Waals surface area contributed by atoms with Gasteiger partial charge in [-0.25, -0.2) is 14.4 Å². The van der Waals surface area contributed by atoms with Gasteiger partial charge >= 0.3 is 0 Å². The van der Waals surface area contributed by atoms with E-state index in [1.165, 1.54) is 31.4 Å². The van der Waals surface area contributed by atoms with E-state index in [1.807, 2.05) is 6.92 Å². The van der Waals surface area contributed by atoms with Crippen molar-refractivity contribution in [2.75, 3.05) is 37.7 Å². The van der Waals surface area contributed by atoms with Gasteiger partial charge in [-0.2, -0.15) is 0 Å². The molecule has 1 unspecified atom stereocenters. The third-order valence-electron chi connectivity index (χ3n) is 5.88. The quantitative estimate of drug-likeness (QED) is 0.891. The molecule has 6 heteroatoms. The predicted octanol–water partition coefficient (Wildman–Crippen LogP) is 3.45. The molecule has 0 bridgehead atoms. The van der Waals surface area contributed by atoms with Crippen molar-refractivity contribution in [2.45, 2.75) is 45.1 Å². The molecule has 146 valence electrons. The lowest BCUT2D eigenvalue weighted by Crippen LogP contribution is -2.36. The second-order valence-corrected chi connectivity index (χ2v) is 7.85. The van der Waals surface area contributed by atoms with E-state index in [9.17, 15) is 4.39 Å².